The first-order valence-corrected chi connectivity index (χ1v) is 10.0. The standard InChI is InChI=1S/C23H25N3O4/c1-5-12-28-22-24-20(16-8-11-18-19(13-16)30-14-29-18)26(25-22)21(27)15-6-9-17(10-7-15)23(2,3)4/h6-11,13H,5,12,14H2,1-4H3. The van der Waals surface area contributed by atoms with E-state index in [1.54, 1.807) is 12.1 Å². The Morgan fingerprint density at radius 3 is 2.53 bits per heavy atom. The third-order valence-electron chi connectivity index (χ3n) is 4.84. The van der Waals surface area contributed by atoms with Gasteiger partial charge in [-0.05, 0) is 47.7 Å². The third kappa shape index (κ3) is 3.87. The predicted molar refractivity (Wildman–Crippen MR) is 112 cm³/mol. The molecule has 1 aliphatic rings. The van der Waals surface area contributed by atoms with Crippen LogP contribution >= 0.6 is 0 Å². The van der Waals surface area contributed by atoms with Crippen molar-refractivity contribution < 1.29 is 19.0 Å². The largest absolute Gasteiger partial charge is 0.462 e. The first-order chi connectivity index (χ1) is 14.4. The summed E-state index contributed by atoms with van der Waals surface area (Å²) in [5.41, 5.74) is 2.38. The number of nitrogens with zero attached hydrogens (tertiary/aromatic N) is 3. The fraction of sp³-hybridized carbons (Fsp3) is 0.348. The molecule has 7 nitrogen and oxygen atoms in total. The lowest BCUT2D eigenvalue weighted by atomic mass is 9.87. The quantitative estimate of drug-likeness (QED) is 0.622. The number of rotatable bonds is 5. The summed E-state index contributed by atoms with van der Waals surface area (Å²) in [5.74, 6) is 1.39. The van der Waals surface area contributed by atoms with E-state index in [1.165, 1.54) is 4.68 Å². The van der Waals surface area contributed by atoms with Crippen LogP contribution in [0.3, 0.4) is 0 Å². The second-order valence-electron chi connectivity index (χ2n) is 8.18. The van der Waals surface area contributed by atoms with E-state index in [9.17, 15) is 4.79 Å². The monoisotopic (exact) mass is 407 g/mol. The van der Waals surface area contributed by atoms with Gasteiger partial charge in [0.1, 0.15) is 0 Å². The Balaban J connectivity index is 1.72. The SMILES string of the molecule is CCCOc1nc(-c2ccc3c(c2)OCO3)n(C(=O)c2ccc(C(C)(C)C)cc2)n1. The van der Waals surface area contributed by atoms with E-state index in [0.29, 0.717) is 35.1 Å². The highest BCUT2D eigenvalue weighted by atomic mass is 16.7. The van der Waals surface area contributed by atoms with Crippen molar-refractivity contribution in [3.63, 3.8) is 0 Å². The van der Waals surface area contributed by atoms with Gasteiger partial charge in [0.2, 0.25) is 6.79 Å². The molecule has 0 aliphatic carbocycles. The zero-order chi connectivity index (χ0) is 21.3. The minimum atomic E-state index is -0.276. The molecule has 0 spiro atoms. The minimum Gasteiger partial charge on any atom is -0.462 e. The Labute approximate surface area is 175 Å². The summed E-state index contributed by atoms with van der Waals surface area (Å²) in [6.45, 7) is 9.05. The van der Waals surface area contributed by atoms with Crippen LogP contribution in [0.4, 0.5) is 0 Å². The number of aromatic nitrogens is 3. The van der Waals surface area contributed by atoms with Crippen molar-refractivity contribution in [3.8, 4) is 28.9 Å². The van der Waals surface area contributed by atoms with Crippen molar-refractivity contribution in [2.24, 2.45) is 0 Å². The molecule has 0 saturated carbocycles. The number of ether oxygens (including phenoxy) is 3. The topological polar surface area (TPSA) is 75.5 Å². The maximum atomic E-state index is 13.3. The summed E-state index contributed by atoms with van der Waals surface area (Å²) in [6.07, 6.45) is 0.816. The second kappa shape index (κ2) is 7.82. The Morgan fingerprint density at radius 1 is 1.10 bits per heavy atom. The predicted octanol–water partition coefficient (Wildman–Crippen LogP) is 4.45. The van der Waals surface area contributed by atoms with Crippen LogP contribution in [0.1, 0.15) is 50.0 Å². The van der Waals surface area contributed by atoms with Gasteiger partial charge >= 0.3 is 6.01 Å². The summed E-state index contributed by atoms with van der Waals surface area (Å²) in [5, 5.41) is 4.33. The molecule has 0 radical (unpaired) electrons. The Morgan fingerprint density at radius 2 is 1.83 bits per heavy atom. The number of carbonyl (C=O) groups is 1. The first-order valence-electron chi connectivity index (χ1n) is 10.0. The molecule has 2 aromatic carbocycles. The van der Waals surface area contributed by atoms with Gasteiger partial charge in [0, 0.05) is 11.1 Å². The number of hydrogen-bond donors (Lipinski definition) is 0. The molecule has 2 heterocycles. The van der Waals surface area contributed by atoms with E-state index in [0.717, 1.165) is 12.0 Å². The summed E-state index contributed by atoms with van der Waals surface area (Å²) >= 11 is 0. The van der Waals surface area contributed by atoms with E-state index in [-0.39, 0.29) is 24.1 Å². The van der Waals surface area contributed by atoms with E-state index < -0.39 is 0 Å². The lowest BCUT2D eigenvalue weighted by Gasteiger charge is -2.19. The Bertz CT molecular complexity index is 1070. The van der Waals surface area contributed by atoms with Crippen molar-refractivity contribution in [2.45, 2.75) is 39.5 Å². The smallest absolute Gasteiger partial charge is 0.336 e. The van der Waals surface area contributed by atoms with Gasteiger partial charge in [-0.25, -0.2) is 0 Å². The lowest BCUT2D eigenvalue weighted by molar-refractivity contribution is 0.0944. The summed E-state index contributed by atoms with van der Waals surface area (Å²) in [4.78, 5) is 17.7. The number of benzene rings is 2. The molecule has 0 N–H and O–H groups in total. The molecule has 0 atom stereocenters. The van der Waals surface area contributed by atoms with Gasteiger partial charge < -0.3 is 14.2 Å². The second-order valence-corrected chi connectivity index (χ2v) is 8.18. The Kier molecular flexibility index (Phi) is 5.20. The fourth-order valence-electron chi connectivity index (χ4n) is 3.15. The van der Waals surface area contributed by atoms with E-state index in [2.05, 4.69) is 30.9 Å². The van der Waals surface area contributed by atoms with Gasteiger partial charge in [-0.1, -0.05) is 39.8 Å². The average molecular weight is 407 g/mol. The normalized spacial score (nSPS) is 12.8. The van der Waals surface area contributed by atoms with Gasteiger partial charge in [-0.2, -0.15) is 9.67 Å². The fourth-order valence-corrected chi connectivity index (χ4v) is 3.15. The summed E-state index contributed by atoms with van der Waals surface area (Å²) in [6, 6.07) is 13.2. The van der Waals surface area contributed by atoms with Crippen LogP contribution in [0, 0.1) is 0 Å². The van der Waals surface area contributed by atoms with Gasteiger partial charge in [-0.15, -0.1) is 5.10 Å². The van der Waals surface area contributed by atoms with Crippen LogP contribution in [0.15, 0.2) is 42.5 Å². The molecule has 1 aromatic heterocycles. The maximum Gasteiger partial charge on any atom is 0.336 e. The highest BCUT2D eigenvalue weighted by molar-refractivity contribution is 5.97. The highest BCUT2D eigenvalue weighted by Crippen LogP contribution is 2.36. The highest BCUT2D eigenvalue weighted by Gasteiger charge is 2.23. The van der Waals surface area contributed by atoms with Gasteiger partial charge in [-0.3, -0.25) is 4.79 Å². The first kappa shape index (κ1) is 19.9. The van der Waals surface area contributed by atoms with Crippen LogP contribution in [0.5, 0.6) is 17.5 Å². The molecule has 1 aliphatic heterocycles. The number of carbonyl (C=O) groups excluding carboxylic acids is 1. The van der Waals surface area contributed by atoms with Crippen LogP contribution in [-0.2, 0) is 5.41 Å². The number of fused-ring (bicyclic) bond motifs is 1. The lowest BCUT2D eigenvalue weighted by Crippen LogP contribution is -2.16. The van der Waals surface area contributed by atoms with Gasteiger partial charge in [0.05, 0.1) is 6.61 Å². The number of hydrogen-bond acceptors (Lipinski definition) is 6. The van der Waals surface area contributed by atoms with Crippen molar-refractivity contribution in [1.82, 2.24) is 14.8 Å². The molecule has 0 bridgehead atoms. The van der Waals surface area contributed by atoms with Crippen molar-refractivity contribution in [3.05, 3.63) is 53.6 Å². The van der Waals surface area contributed by atoms with Crippen LogP contribution in [-0.4, -0.2) is 34.1 Å². The summed E-state index contributed by atoms with van der Waals surface area (Å²) in [7, 11) is 0. The molecule has 156 valence electrons. The zero-order valence-corrected chi connectivity index (χ0v) is 17.6. The molecular formula is C23H25N3O4. The van der Waals surface area contributed by atoms with Gasteiger partial charge in [0.25, 0.3) is 5.91 Å². The molecule has 30 heavy (non-hydrogen) atoms. The molecule has 0 amide bonds. The zero-order valence-electron chi connectivity index (χ0n) is 17.6. The van der Waals surface area contributed by atoms with E-state index in [1.807, 2.05) is 37.3 Å². The average Bonchev–Trinajstić information content (AvgIpc) is 3.37. The molecule has 0 unspecified atom stereocenters. The summed E-state index contributed by atoms with van der Waals surface area (Å²) < 4.78 is 17.7. The molecule has 3 aromatic rings. The van der Waals surface area contributed by atoms with E-state index in [4.69, 9.17) is 14.2 Å². The molecule has 4 rings (SSSR count). The molecule has 7 heteroatoms. The molecule has 0 saturated heterocycles. The Hall–Kier alpha value is -3.35. The molecule has 0 fully saturated rings. The van der Waals surface area contributed by atoms with Crippen molar-refractivity contribution in [1.29, 1.82) is 0 Å². The van der Waals surface area contributed by atoms with Crippen LogP contribution < -0.4 is 14.2 Å². The molecular weight excluding hydrogens is 382 g/mol. The third-order valence-corrected chi connectivity index (χ3v) is 4.84. The minimum absolute atomic E-state index is 0.00758. The van der Waals surface area contributed by atoms with Gasteiger partial charge in [0.15, 0.2) is 17.3 Å². The van der Waals surface area contributed by atoms with Crippen molar-refractivity contribution >= 4 is 5.91 Å². The van der Waals surface area contributed by atoms with Crippen molar-refractivity contribution in [2.75, 3.05) is 13.4 Å². The maximum absolute atomic E-state index is 13.3. The van der Waals surface area contributed by atoms with E-state index >= 15 is 0 Å². The van der Waals surface area contributed by atoms with Crippen LogP contribution in [0.25, 0.3) is 11.4 Å². The van der Waals surface area contributed by atoms with Crippen LogP contribution in [0.2, 0.25) is 0 Å².